The fourth-order valence-corrected chi connectivity index (χ4v) is 4.97. The van der Waals surface area contributed by atoms with Crippen molar-refractivity contribution in [2.75, 3.05) is 0 Å². The summed E-state index contributed by atoms with van der Waals surface area (Å²) in [5.74, 6) is 0. The smallest absolute Gasteiger partial charge is 0.748 e. The van der Waals surface area contributed by atoms with Crippen molar-refractivity contribution in [3.63, 3.8) is 0 Å². The van der Waals surface area contributed by atoms with E-state index in [1.54, 1.807) is 0 Å². The van der Waals surface area contributed by atoms with Crippen molar-refractivity contribution >= 4 is 10.1 Å². The summed E-state index contributed by atoms with van der Waals surface area (Å²) in [5.41, 5.74) is 0. The molecule has 4 nitrogen and oxygen atoms in total. The molecule has 0 amide bonds. The SMILES string of the molecule is CCCCCCCCCCCCCCCCCCC(CC(O)CCC)S(=O)(=O)[O-].[K+]. The molecule has 0 aliphatic carbocycles. The topological polar surface area (TPSA) is 77.4 Å². The summed E-state index contributed by atoms with van der Waals surface area (Å²) in [5, 5.41) is 8.89. The standard InChI is InChI=1S/C24H50O4S.K/c1-3-5-6-7-8-9-10-11-12-13-14-15-16-17-18-19-21-24(29(26,27)28)22-23(25)20-4-2;/h23-25H,3-22H2,1-2H3,(H,26,27,28);/q;+1/p-1. The average Bonchev–Trinajstić information content (AvgIpc) is 2.66. The van der Waals surface area contributed by atoms with Gasteiger partial charge in [0.15, 0.2) is 0 Å². The molecule has 2 atom stereocenters. The van der Waals surface area contributed by atoms with Crippen LogP contribution in [0.4, 0.5) is 0 Å². The molecule has 0 aromatic rings. The van der Waals surface area contributed by atoms with E-state index in [4.69, 9.17) is 0 Å². The Labute approximate surface area is 230 Å². The van der Waals surface area contributed by atoms with E-state index < -0.39 is 21.5 Å². The minimum absolute atomic E-state index is 0. The van der Waals surface area contributed by atoms with E-state index in [2.05, 4.69) is 6.92 Å². The van der Waals surface area contributed by atoms with Crippen LogP contribution in [0.1, 0.15) is 142 Å². The predicted molar refractivity (Wildman–Crippen MR) is 123 cm³/mol. The first-order valence-electron chi connectivity index (χ1n) is 12.5. The first-order chi connectivity index (χ1) is 13.9. The van der Waals surface area contributed by atoms with E-state index >= 15 is 0 Å². The maximum atomic E-state index is 11.4. The van der Waals surface area contributed by atoms with Gasteiger partial charge in [-0.25, -0.2) is 8.42 Å². The van der Waals surface area contributed by atoms with Gasteiger partial charge in [0.2, 0.25) is 0 Å². The molecule has 0 aliphatic heterocycles. The molecule has 0 bridgehead atoms. The molecule has 0 aliphatic rings. The fraction of sp³-hybridized carbons (Fsp3) is 1.00. The number of hydrogen-bond acceptors (Lipinski definition) is 4. The van der Waals surface area contributed by atoms with Gasteiger partial charge in [0.05, 0.1) is 21.5 Å². The Morgan fingerprint density at radius 2 is 1.00 bits per heavy atom. The van der Waals surface area contributed by atoms with Crippen LogP contribution in [0, 0.1) is 0 Å². The second-order valence-corrected chi connectivity index (χ2v) is 10.5. The largest absolute Gasteiger partial charge is 1.00 e. The average molecular weight is 473 g/mol. The van der Waals surface area contributed by atoms with E-state index in [9.17, 15) is 18.1 Å². The Kier molecular flexibility index (Phi) is 26.6. The van der Waals surface area contributed by atoms with Crippen LogP contribution in [-0.4, -0.2) is 29.4 Å². The van der Waals surface area contributed by atoms with Crippen molar-refractivity contribution in [2.24, 2.45) is 0 Å². The van der Waals surface area contributed by atoms with Gasteiger partial charge in [-0.2, -0.15) is 0 Å². The summed E-state index contributed by atoms with van der Waals surface area (Å²) < 4.78 is 34.2. The molecule has 30 heavy (non-hydrogen) atoms. The monoisotopic (exact) mass is 472 g/mol. The molecule has 0 rings (SSSR count). The van der Waals surface area contributed by atoms with Gasteiger partial charge in [0.25, 0.3) is 0 Å². The van der Waals surface area contributed by atoms with Gasteiger partial charge in [0.1, 0.15) is 0 Å². The maximum Gasteiger partial charge on any atom is 1.00 e. The second-order valence-electron chi connectivity index (χ2n) is 8.88. The summed E-state index contributed by atoms with van der Waals surface area (Å²) in [6, 6.07) is 0. The molecule has 0 saturated carbocycles. The van der Waals surface area contributed by atoms with Crippen LogP contribution in [0.25, 0.3) is 0 Å². The van der Waals surface area contributed by atoms with Crippen molar-refractivity contribution in [2.45, 2.75) is 154 Å². The summed E-state index contributed by atoms with van der Waals surface area (Å²) in [4.78, 5) is 0. The number of aliphatic hydroxyl groups excluding tert-OH is 1. The first-order valence-corrected chi connectivity index (χ1v) is 14.0. The van der Waals surface area contributed by atoms with Crippen LogP contribution in [0.3, 0.4) is 0 Å². The van der Waals surface area contributed by atoms with Gasteiger partial charge < -0.3 is 9.66 Å². The molecule has 0 aromatic carbocycles. The van der Waals surface area contributed by atoms with E-state index in [1.165, 1.54) is 83.5 Å². The van der Waals surface area contributed by atoms with E-state index in [0.29, 0.717) is 12.8 Å². The molecule has 0 radical (unpaired) electrons. The second kappa shape index (κ2) is 23.7. The molecule has 0 fully saturated rings. The Balaban J connectivity index is 0. The Hall–Kier alpha value is 1.51. The summed E-state index contributed by atoms with van der Waals surface area (Å²) in [6.07, 6.45) is 21.6. The van der Waals surface area contributed by atoms with Crippen molar-refractivity contribution in [3.8, 4) is 0 Å². The normalized spacial score (nSPS) is 13.7. The maximum absolute atomic E-state index is 11.4. The number of rotatable bonds is 22. The van der Waals surface area contributed by atoms with Crippen LogP contribution in [-0.2, 0) is 10.1 Å². The molecule has 0 heterocycles. The zero-order valence-corrected chi connectivity index (χ0v) is 24.3. The third-order valence-electron chi connectivity index (χ3n) is 5.94. The Morgan fingerprint density at radius 1 is 0.633 bits per heavy atom. The molecule has 0 aromatic heterocycles. The van der Waals surface area contributed by atoms with Crippen LogP contribution in [0.5, 0.6) is 0 Å². The molecule has 6 heteroatoms. The van der Waals surface area contributed by atoms with Gasteiger partial charge in [0, 0.05) is 0 Å². The van der Waals surface area contributed by atoms with Crippen LogP contribution in [0.15, 0.2) is 0 Å². The van der Waals surface area contributed by atoms with Crippen LogP contribution >= 0.6 is 0 Å². The quantitative estimate of drug-likeness (QED) is 0.146. The van der Waals surface area contributed by atoms with E-state index in [0.717, 1.165) is 25.7 Å². The predicted octanol–water partition coefficient (Wildman–Crippen LogP) is 4.11. The Morgan fingerprint density at radius 3 is 1.33 bits per heavy atom. The molecular weight excluding hydrogens is 423 g/mol. The molecule has 2 unspecified atom stereocenters. The van der Waals surface area contributed by atoms with Gasteiger partial charge >= 0.3 is 51.4 Å². The minimum Gasteiger partial charge on any atom is -0.748 e. The van der Waals surface area contributed by atoms with E-state index in [-0.39, 0.29) is 57.8 Å². The number of hydrogen-bond donors (Lipinski definition) is 1. The molecule has 1 N–H and O–H groups in total. The van der Waals surface area contributed by atoms with Crippen molar-refractivity contribution in [1.82, 2.24) is 0 Å². The zero-order chi connectivity index (χ0) is 21.8. The molecular formula is C24H49KO4S. The van der Waals surface area contributed by atoms with Crippen molar-refractivity contribution < 1.29 is 69.5 Å². The van der Waals surface area contributed by atoms with Gasteiger partial charge in [-0.3, -0.25) is 0 Å². The molecule has 0 spiro atoms. The van der Waals surface area contributed by atoms with Crippen molar-refractivity contribution in [1.29, 1.82) is 0 Å². The molecule has 176 valence electrons. The van der Waals surface area contributed by atoms with E-state index in [1.807, 2.05) is 6.92 Å². The van der Waals surface area contributed by atoms with Crippen LogP contribution in [0.2, 0.25) is 0 Å². The third kappa shape index (κ3) is 22.7. The Bertz CT molecular complexity index is 442. The molecule has 0 saturated heterocycles. The van der Waals surface area contributed by atoms with Gasteiger partial charge in [-0.1, -0.05) is 123 Å². The third-order valence-corrected chi connectivity index (χ3v) is 7.19. The number of unbranched alkanes of at least 4 members (excludes halogenated alkanes) is 15. The van der Waals surface area contributed by atoms with Crippen molar-refractivity contribution in [3.05, 3.63) is 0 Å². The first kappa shape index (κ1) is 33.7. The van der Waals surface area contributed by atoms with Gasteiger partial charge in [-0.05, 0) is 19.3 Å². The fourth-order valence-electron chi connectivity index (χ4n) is 4.05. The number of aliphatic hydroxyl groups is 1. The van der Waals surface area contributed by atoms with Gasteiger partial charge in [-0.15, -0.1) is 0 Å². The minimum atomic E-state index is -4.31. The van der Waals surface area contributed by atoms with Crippen LogP contribution < -0.4 is 51.4 Å². The zero-order valence-electron chi connectivity index (χ0n) is 20.4. The summed E-state index contributed by atoms with van der Waals surface area (Å²) >= 11 is 0. The summed E-state index contributed by atoms with van der Waals surface area (Å²) in [6.45, 7) is 4.21. The summed E-state index contributed by atoms with van der Waals surface area (Å²) in [7, 11) is -4.31.